The van der Waals surface area contributed by atoms with Gasteiger partial charge in [0.05, 0.1) is 11.6 Å². The lowest BCUT2D eigenvalue weighted by atomic mass is 9.81. The Labute approximate surface area is 79.0 Å². The zero-order chi connectivity index (χ0) is 9.10. The molecule has 1 aromatic carbocycles. The van der Waals surface area contributed by atoms with Crippen LogP contribution in [0.3, 0.4) is 0 Å². The van der Waals surface area contributed by atoms with Gasteiger partial charge in [-0.25, -0.2) is 0 Å². The zero-order valence-corrected chi connectivity index (χ0v) is 7.66. The molecule has 0 aromatic heterocycles. The van der Waals surface area contributed by atoms with Crippen LogP contribution in [0.2, 0.25) is 0 Å². The predicted octanol–water partition coefficient (Wildman–Crippen LogP) is 2.90. The van der Waals surface area contributed by atoms with E-state index >= 15 is 0 Å². The van der Waals surface area contributed by atoms with Crippen molar-refractivity contribution in [2.75, 3.05) is 0 Å². The van der Waals surface area contributed by atoms with Gasteiger partial charge in [-0.3, -0.25) is 0 Å². The highest BCUT2D eigenvalue weighted by atomic mass is 14.2. The summed E-state index contributed by atoms with van der Waals surface area (Å²) in [5.74, 6) is 0.910. The van der Waals surface area contributed by atoms with Crippen LogP contribution < -0.4 is 0 Å². The van der Waals surface area contributed by atoms with Crippen molar-refractivity contribution in [1.82, 2.24) is 0 Å². The molecule has 0 spiro atoms. The maximum atomic E-state index is 8.62. The van der Waals surface area contributed by atoms with Crippen molar-refractivity contribution >= 4 is 0 Å². The molecule has 0 saturated heterocycles. The van der Waals surface area contributed by atoms with Crippen molar-refractivity contribution < 1.29 is 0 Å². The summed E-state index contributed by atoms with van der Waals surface area (Å²) in [4.78, 5) is 0. The topological polar surface area (TPSA) is 23.8 Å². The molecule has 1 aliphatic carbocycles. The minimum absolute atomic E-state index is 0.761. The first-order valence-electron chi connectivity index (χ1n) is 4.87. The molecule has 0 N–H and O–H groups in total. The lowest BCUT2D eigenvalue weighted by Crippen LogP contribution is -2.13. The van der Waals surface area contributed by atoms with Gasteiger partial charge in [0.1, 0.15) is 0 Å². The molecule has 0 atom stereocenters. The van der Waals surface area contributed by atoms with E-state index in [9.17, 15) is 0 Å². The summed E-state index contributed by atoms with van der Waals surface area (Å²) in [6.45, 7) is 0. The van der Waals surface area contributed by atoms with E-state index in [1.807, 2.05) is 12.1 Å². The normalized spacial score (nSPS) is 16.2. The van der Waals surface area contributed by atoms with Gasteiger partial charge < -0.3 is 0 Å². The second-order valence-electron chi connectivity index (χ2n) is 3.81. The number of rotatable bonds is 2. The Balaban J connectivity index is 2.01. The number of hydrogen-bond donors (Lipinski definition) is 0. The van der Waals surface area contributed by atoms with Gasteiger partial charge in [-0.2, -0.15) is 5.26 Å². The fourth-order valence-electron chi connectivity index (χ4n) is 1.75. The van der Waals surface area contributed by atoms with Crippen LogP contribution in [0.25, 0.3) is 0 Å². The third-order valence-electron chi connectivity index (χ3n) is 2.83. The second kappa shape index (κ2) is 3.62. The van der Waals surface area contributed by atoms with E-state index < -0.39 is 0 Å². The number of benzene rings is 1. The molecule has 0 unspecified atom stereocenters. The molecule has 2 rings (SSSR count). The summed E-state index contributed by atoms with van der Waals surface area (Å²) in [6.07, 6.45) is 5.38. The molecule has 1 fully saturated rings. The Bertz CT molecular complexity index is 314. The Hall–Kier alpha value is -1.29. The van der Waals surface area contributed by atoms with Crippen molar-refractivity contribution in [3.05, 3.63) is 35.4 Å². The van der Waals surface area contributed by atoms with E-state index in [1.54, 1.807) is 0 Å². The van der Waals surface area contributed by atoms with Crippen LogP contribution in [-0.4, -0.2) is 0 Å². The highest BCUT2D eigenvalue weighted by molar-refractivity contribution is 5.31. The zero-order valence-electron chi connectivity index (χ0n) is 7.66. The Morgan fingerprint density at radius 3 is 2.38 bits per heavy atom. The van der Waals surface area contributed by atoms with Gasteiger partial charge in [0, 0.05) is 0 Å². The molecule has 1 aliphatic rings. The largest absolute Gasteiger partial charge is 0.192 e. The van der Waals surface area contributed by atoms with E-state index in [-0.39, 0.29) is 0 Å². The van der Waals surface area contributed by atoms with E-state index in [2.05, 4.69) is 18.2 Å². The Morgan fingerprint density at radius 1 is 1.23 bits per heavy atom. The van der Waals surface area contributed by atoms with Crippen LogP contribution >= 0.6 is 0 Å². The second-order valence-corrected chi connectivity index (χ2v) is 3.81. The van der Waals surface area contributed by atoms with Crippen LogP contribution in [-0.2, 0) is 6.42 Å². The van der Waals surface area contributed by atoms with Gasteiger partial charge in [0.2, 0.25) is 0 Å². The highest BCUT2D eigenvalue weighted by Crippen LogP contribution is 2.29. The van der Waals surface area contributed by atoms with E-state index in [0.717, 1.165) is 11.5 Å². The molecular formula is C12H13N. The van der Waals surface area contributed by atoms with Crippen LogP contribution in [0.15, 0.2) is 24.3 Å². The van der Waals surface area contributed by atoms with Crippen LogP contribution in [0, 0.1) is 17.2 Å². The summed E-state index contributed by atoms with van der Waals surface area (Å²) in [6, 6.07) is 10.1. The first-order valence-corrected chi connectivity index (χ1v) is 4.87. The average Bonchev–Trinajstić information content (AvgIpc) is 2.12. The molecule has 1 aromatic rings. The molecule has 13 heavy (non-hydrogen) atoms. The molecule has 0 bridgehead atoms. The first kappa shape index (κ1) is 8.31. The third-order valence-corrected chi connectivity index (χ3v) is 2.83. The van der Waals surface area contributed by atoms with E-state index in [0.29, 0.717) is 0 Å². The molecular weight excluding hydrogens is 158 g/mol. The monoisotopic (exact) mass is 171 g/mol. The molecule has 0 aliphatic heterocycles. The van der Waals surface area contributed by atoms with Crippen molar-refractivity contribution in [1.29, 1.82) is 5.26 Å². The van der Waals surface area contributed by atoms with Crippen LogP contribution in [0.4, 0.5) is 0 Å². The van der Waals surface area contributed by atoms with Gasteiger partial charge >= 0.3 is 0 Å². The first-order chi connectivity index (χ1) is 6.38. The third kappa shape index (κ3) is 1.89. The van der Waals surface area contributed by atoms with Crippen molar-refractivity contribution in [3.8, 4) is 6.07 Å². The fourth-order valence-corrected chi connectivity index (χ4v) is 1.75. The van der Waals surface area contributed by atoms with E-state index in [4.69, 9.17) is 5.26 Å². The predicted molar refractivity (Wildman–Crippen MR) is 52.2 cm³/mol. The van der Waals surface area contributed by atoms with Crippen LogP contribution in [0.1, 0.15) is 30.4 Å². The Kier molecular flexibility index (Phi) is 2.31. The minimum Gasteiger partial charge on any atom is -0.192 e. The summed E-state index contributed by atoms with van der Waals surface area (Å²) in [5, 5.41) is 8.62. The van der Waals surface area contributed by atoms with Crippen LogP contribution in [0.5, 0.6) is 0 Å². The molecule has 66 valence electrons. The lowest BCUT2D eigenvalue weighted by Gasteiger charge is -2.25. The van der Waals surface area contributed by atoms with Gasteiger partial charge in [-0.15, -0.1) is 0 Å². The van der Waals surface area contributed by atoms with Crippen molar-refractivity contribution in [2.45, 2.75) is 25.7 Å². The Morgan fingerprint density at radius 2 is 1.92 bits per heavy atom. The number of nitriles is 1. The lowest BCUT2D eigenvalue weighted by molar-refractivity contribution is 0.314. The maximum absolute atomic E-state index is 8.62. The van der Waals surface area contributed by atoms with Crippen molar-refractivity contribution in [2.24, 2.45) is 5.92 Å². The SMILES string of the molecule is N#Cc1ccc(CC2CCC2)cc1. The van der Waals surface area contributed by atoms with Crippen molar-refractivity contribution in [3.63, 3.8) is 0 Å². The number of hydrogen-bond acceptors (Lipinski definition) is 1. The van der Waals surface area contributed by atoms with Gasteiger partial charge in [-0.1, -0.05) is 31.4 Å². The molecule has 0 heterocycles. The quantitative estimate of drug-likeness (QED) is 0.671. The summed E-state index contributed by atoms with van der Waals surface area (Å²) in [5.41, 5.74) is 2.14. The standard InChI is InChI=1S/C12H13N/c13-9-12-6-4-11(5-7-12)8-10-2-1-3-10/h4-7,10H,1-3,8H2. The molecule has 1 heteroatoms. The number of nitrogens with zero attached hydrogens (tertiary/aromatic N) is 1. The molecule has 1 nitrogen and oxygen atoms in total. The highest BCUT2D eigenvalue weighted by Gasteiger charge is 2.17. The summed E-state index contributed by atoms with van der Waals surface area (Å²) >= 11 is 0. The van der Waals surface area contributed by atoms with E-state index in [1.165, 1.54) is 31.2 Å². The van der Waals surface area contributed by atoms with Gasteiger partial charge in [0.25, 0.3) is 0 Å². The molecule has 1 saturated carbocycles. The summed E-state index contributed by atoms with van der Waals surface area (Å²) in [7, 11) is 0. The smallest absolute Gasteiger partial charge is 0.0991 e. The average molecular weight is 171 g/mol. The summed E-state index contributed by atoms with van der Waals surface area (Å²) < 4.78 is 0. The van der Waals surface area contributed by atoms with Gasteiger partial charge in [0.15, 0.2) is 0 Å². The van der Waals surface area contributed by atoms with Gasteiger partial charge in [-0.05, 0) is 30.0 Å². The minimum atomic E-state index is 0.761. The molecule has 0 amide bonds. The molecule has 0 radical (unpaired) electrons. The fraction of sp³-hybridized carbons (Fsp3) is 0.417. The maximum Gasteiger partial charge on any atom is 0.0991 e.